The van der Waals surface area contributed by atoms with E-state index < -0.39 is 0 Å². The maximum Gasteiger partial charge on any atom is 0.293 e. The molecule has 0 N–H and O–H groups in total. The Morgan fingerprint density at radius 3 is 2.55 bits per heavy atom. The minimum Gasteiger partial charge on any atom is -0.496 e. The van der Waals surface area contributed by atoms with Crippen molar-refractivity contribution in [1.82, 2.24) is 4.90 Å². The highest BCUT2D eigenvalue weighted by Gasteiger charge is 2.34. The molecular formula is C15H14BrNO4S. The lowest BCUT2D eigenvalue weighted by Gasteiger charge is -2.10. The number of methoxy groups -OCH3 is 2. The van der Waals surface area contributed by atoms with Gasteiger partial charge in [-0.25, -0.2) is 0 Å². The monoisotopic (exact) mass is 383 g/mol. The molecule has 0 saturated carbocycles. The molecule has 1 saturated heterocycles. The molecule has 116 valence electrons. The number of amides is 2. The average Bonchev–Trinajstić information content (AvgIpc) is 2.75. The number of carbonyl (C=O) groups excluding carboxylic acids is 2. The molecule has 2 amide bonds. The van der Waals surface area contributed by atoms with Crippen LogP contribution >= 0.6 is 27.7 Å². The molecule has 1 fully saturated rings. The first kappa shape index (κ1) is 16.6. The van der Waals surface area contributed by atoms with Crippen molar-refractivity contribution in [3.05, 3.63) is 39.7 Å². The largest absolute Gasteiger partial charge is 0.496 e. The second kappa shape index (κ2) is 7.02. The fourth-order valence-corrected chi connectivity index (χ4v) is 3.29. The molecule has 0 atom stereocenters. The first-order valence-electron chi connectivity index (χ1n) is 6.29. The Kier molecular flexibility index (Phi) is 5.31. The van der Waals surface area contributed by atoms with Crippen LogP contribution in [0.4, 0.5) is 4.79 Å². The molecule has 0 radical (unpaired) electrons. The highest BCUT2D eigenvalue weighted by atomic mass is 79.9. The van der Waals surface area contributed by atoms with Crippen molar-refractivity contribution in [2.24, 2.45) is 0 Å². The molecule has 1 aliphatic rings. The van der Waals surface area contributed by atoms with Gasteiger partial charge in [0, 0.05) is 18.2 Å². The van der Waals surface area contributed by atoms with Crippen LogP contribution in [-0.2, 0) is 4.79 Å². The summed E-state index contributed by atoms with van der Waals surface area (Å²) in [6, 6.07) is 3.49. The first-order chi connectivity index (χ1) is 10.5. The summed E-state index contributed by atoms with van der Waals surface area (Å²) in [5.74, 6) is 0.841. The maximum atomic E-state index is 12.2. The molecule has 1 heterocycles. The lowest BCUT2D eigenvalue weighted by molar-refractivity contribution is -0.122. The zero-order valence-corrected chi connectivity index (χ0v) is 14.5. The molecule has 22 heavy (non-hydrogen) atoms. The Hall–Kier alpha value is -1.73. The number of hydrogen-bond donors (Lipinski definition) is 0. The molecule has 1 aliphatic heterocycles. The number of hydrogen-bond acceptors (Lipinski definition) is 5. The van der Waals surface area contributed by atoms with Crippen LogP contribution in [0.2, 0.25) is 0 Å². The van der Waals surface area contributed by atoms with Gasteiger partial charge in [-0.05, 0) is 39.8 Å². The van der Waals surface area contributed by atoms with Crippen molar-refractivity contribution in [3.8, 4) is 11.5 Å². The lowest BCUT2D eigenvalue weighted by Crippen LogP contribution is -2.27. The molecule has 1 aromatic carbocycles. The van der Waals surface area contributed by atoms with E-state index in [9.17, 15) is 9.59 Å². The van der Waals surface area contributed by atoms with Gasteiger partial charge in [-0.2, -0.15) is 0 Å². The van der Waals surface area contributed by atoms with Crippen LogP contribution in [0.5, 0.6) is 11.5 Å². The van der Waals surface area contributed by atoms with Crippen molar-refractivity contribution in [1.29, 1.82) is 0 Å². The number of rotatable bonds is 5. The Balaban J connectivity index is 2.41. The van der Waals surface area contributed by atoms with Crippen molar-refractivity contribution in [2.45, 2.75) is 0 Å². The summed E-state index contributed by atoms with van der Waals surface area (Å²) in [5.41, 5.74) is 0.680. The van der Waals surface area contributed by atoms with Crippen molar-refractivity contribution < 1.29 is 19.1 Å². The quantitative estimate of drug-likeness (QED) is 0.573. The minimum absolute atomic E-state index is 0.200. The minimum atomic E-state index is -0.330. The molecule has 7 heteroatoms. The van der Waals surface area contributed by atoms with Crippen LogP contribution in [0, 0.1) is 0 Å². The Morgan fingerprint density at radius 1 is 1.27 bits per heavy atom. The standard InChI is InChI=1S/C15H14BrNO4S/c1-4-5-17-14(18)13(22-15(17)19)7-9-6-10(16)12(21-3)8-11(9)20-2/h4,6-8H,1,5H2,2-3H3/b13-7-. The van der Waals surface area contributed by atoms with Gasteiger partial charge in [0.25, 0.3) is 11.1 Å². The number of ether oxygens (including phenoxy) is 2. The molecular weight excluding hydrogens is 370 g/mol. The van der Waals surface area contributed by atoms with Crippen molar-refractivity contribution in [2.75, 3.05) is 20.8 Å². The van der Waals surface area contributed by atoms with E-state index in [1.165, 1.54) is 13.2 Å². The highest BCUT2D eigenvalue weighted by Crippen LogP contribution is 2.37. The van der Waals surface area contributed by atoms with Gasteiger partial charge in [-0.1, -0.05) is 6.08 Å². The van der Waals surface area contributed by atoms with Gasteiger partial charge >= 0.3 is 0 Å². The SMILES string of the molecule is C=CCN1C(=O)S/C(=C\c2cc(Br)c(OC)cc2OC)C1=O. The van der Waals surface area contributed by atoms with E-state index >= 15 is 0 Å². The first-order valence-corrected chi connectivity index (χ1v) is 7.90. The topological polar surface area (TPSA) is 55.8 Å². The van der Waals surface area contributed by atoms with Crippen molar-refractivity contribution >= 4 is 44.9 Å². The summed E-state index contributed by atoms with van der Waals surface area (Å²) in [4.78, 5) is 25.5. The van der Waals surface area contributed by atoms with Gasteiger partial charge in [0.2, 0.25) is 0 Å². The summed E-state index contributed by atoms with van der Waals surface area (Å²) in [5, 5.41) is -0.303. The molecule has 1 aromatic rings. The van der Waals surface area contributed by atoms with Gasteiger partial charge in [-0.3, -0.25) is 14.5 Å². The number of imide groups is 1. The number of halogens is 1. The molecule has 5 nitrogen and oxygen atoms in total. The molecule has 2 rings (SSSR count). The maximum absolute atomic E-state index is 12.2. The molecule has 0 aliphatic carbocycles. The van der Waals surface area contributed by atoms with Gasteiger partial charge in [0.1, 0.15) is 11.5 Å². The average molecular weight is 384 g/mol. The number of benzene rings is 1. The number of nitrogens with zero attached hydrogens (tertiary/aromatic N) is 1. The van der Waals surface area contributed by atoms with E-state index in [1.54, 1.807) is 25.3 Å². The molecule has 0 spiro atoms. The van der Waals surface area contributed by atoms with E-state index in [0.717, 1.165) is 21.1 Å². The fourth-order valence-electron chi connectivity index (χ4n) is 1.92. The van der Waals surface area contributed by atoms with Gasteiger partial charge in [-0.15, -0.1) is 6.58 Å². The molecule has 0 unspecified atom stereocenters. The van der Waals surface area contributed by atoms with Crippen LogP contribution in [0.25, 0.3) is 6.08 Å². The Bertz CT molecular complexity index is 672. The predicted octanol–water partition coefficient (Wildman–Crippen LogP) is 3.69. The second-order valence-electron chi connectivity index (χ2n) is 4.31. The predicted molar refractivity (Wildman–Crippen MR) is 90.1 cm³/mol. The van der Waals surface area contributed by atoms with Crippen LogP contribution in [0.3, 0.4) is 0 Å². The summed E-state index contributed by atoms with van der Waals surface area (Å²) in [6.07, 6.45) is 3.15. The highest BCUT2D eigenvalue weighted by molar-refractivity contribution is 9.10. The second-order valence-corrected chi connectivity index (χ2v) is 6.16. The third kappa shape index (κ3) is 3.20. The van der Waals surface area contributed by atoms with Gasteiger partial charge in [0.15, 0.2) is 0 Å². The summed E-state index contributed by atoms with van der Waals surface area (Å²) < 4.78 is 11.2. The third-order valence-corrected chi connectivity index (χ3v) is 4.50. The number of carbonyl (C=O) groups is 2. The van der Waals surface area contributed by atoms with Crippen molar-refractivity contribution in [3.63, 3.8) is 0 Å². The third-order valence-electron chi connectivity index (χ3n) is 2.98. The Labute approximate surface area is 141 Å². The van der Waals surface area contributed by atoms with E-state index in [1.807, 2.05) is 0 Å². The summed E-state index contributed by atoms with van der Waals surface area (Å²) in [6.45, 7) is 3.75. The van der Waals surface area contributed by atoms with Gasteiger partial charge < -0.3 is 9.47 Å². The summed E-state index contributed by atoms with van der Waals surface area (Å²) >= 11 is 4.29. The zero-order chi connectivity index (χ0) is 16.3. The fraction of sp³-hybridized carbons (Fsp3) is 0.200. The van der Waals surface area contributed by atoms with E-state index in [2.05, 4.69) is 22.5 Å². The van der Waals surface area contributed by atoms with Crippen LogP contribution in [0.15, 0.2) is 34.2 Å². The summed E-state index contributed by atoms with van der Waals surface area (Å²) in [7, 11) is 3.09. The van der Waals surface area contributed by atoms with Crippen LogP contribution < -0.4 is 9.47 Å². The van der Waals surface area contributed by atoms with Crippen LogP contribution in [-0.4, -0.2) is 36.8 Å². The normalized spacial score (nSPS) is 16.3. The Morgan fingerprint density at radius 2 is 1.95 bits per heavy atom. The van der Waals surface area contributed by atoms with Gasteiger partial charge in [0.05, 0.1) is 23.6 Å². The molecule has 0 aromatic heterocycles. The zero-order valence-electron chi connectivity index (χ0n) is 12.1. The lowest BCUT2D eigenvalue weighted by atomic mass is 10.1. The number of thioether (sulfide) groups is 1. The smallest absolute Gasteiger partial charge is 0.293 e. The van der Waals surface area contributed by atoms with Crippen LogP contribution in [0.1, 0.15) is 5.56 Å². The van der Waals surface area contributed by atoms with E-state index in [0.29, 0.717) is 22.0 Å². The van der Waals surface area contributed by atoms with E-state index in [4.69, 9.17) is 9.47 Å². The van der Waals surface area contributed by atoms with E-state index in [-0.39, 0.29) is 17.7 Å². The molecule has 0 bridgehead atoms.